The van der Waals surface area contributed by atoms with Gasteiger partial charge < -0.3 is 9.29 Å². The molecule has 4 nitrogen and oxygen atoms in total. The number of benzene rings is 1. The summed E-state index contributed by atoms with van der Waals surface area (Å²) in [5.74, 6) is -0.481. The van der Waals surface area contributed by atoms with E-state index in [-0.39, 0.29) is 6.61 Å². The van der Waals surface area contributed by atoms with Crippen LogP contribution in [0.4, 0.5) is 0 Å². The molecule has 0 N–H and O–H groups in total. The molecule has 1 aliphatic heterocycles. The molecule has 0 aliphatic carbocycles. The summed E-state index contributed by atoms with van der Waals surface area (Å²) in [6, 6.07) is 9.56. The van der Waals surface area contributed by atoms with E-state index < -0.39 is 22.1 Å². The monoisotopic (exact) mass is 345 g/mol. The summed E-state index contributed by atoms with van der Waals surface area (Å²) in [6.45, 7) is 7.64. The first-order valence-corrected chi connectivity index (χ1v) is 9.00. The highest BCUT2D eigenvalue weighted by molar-refractivity contribution is 7.90. The van der Waals surface area contributed by atoms with Crippen LogP contribution in [0.2, 0.25) is 0 Å². The summed E-state index contributed by atoms with van der Waals surface area (Å²) in [7, 11) is 0. The van der Waals surface area contributed by atoms with E-state index >= 15 is 0 Å². The summed E-state index contributed by atoms with van der Waals surface area (Å²) in [5.41, 5.74) is 1.86. The zero-order valence-electron chi connectivity index (χ0n) is 14.5. The van der Waals surface area contributed by atoms with Gasteiger partial charge in [0.05, 0.1) is 24.2 Å². The fraction of sp³-hybridized carbons (Fsp3) is 0.316. The maximum absolute atomic E-state index is 13.0. The van der Waals surface area contributed by atoms with Crippen molar-refractivity contribution in [1.82, 2.24) is 4.31 Å². The van der Waals surface area contributed by atoms with Crippen molar-refractivity contribution in [2.45, 2.75) is 32.4 Å². The largest absolute Gasteiger partial charge is 0.592 e. The molecule has 1 heterocycles. The first-order valence-electron chi connectivity index (χ1n) is 7.89. The minimum atomic E-state index is -1.44. The molecular weight excluding hydrogens is 322 g/mol. The number of carbonyl (C=O) groups is 1. The van der Waals surface area contributed by atoms with Gasteiger partial charge in [-0.05, 0) is 39.3 Å². The Morgan fingerprint density at radius 3 is 2.46 bits per heavy atom. The van der Waals surface area contributed by atoms with Gasteiger partial charge in [0.2, 0.25) is 0 Å². The Morgan fingerprint density at radius 1 is 1.21 bits per heavy atom. The maximum atomic E-state index is 13.0. The minimum absolute atomic E-state index is 0.258. The van der Waals surface area contributed by atoms with Crippen LogP contribution in [0.5, 0.6) is 0 Å². The normalized spacial score (nSPS) is 16.1. The van der Waals surface area contributed by atoms with Gasteiger partial charge in [0, 0.05) is 5.57 Å². The third kappa shape index (κ3) is 4.10. The third-order valence-corrected chi connectivity index (χ3v) is 5.04. The lowest BCUT2D eigenvalue weighted by molar-refractivity contribution is -0.139. The predicted octanol–water partition coefficient (Wildman–Crippen LogP) is 3.81. The van der Waals surface area contributed by atoms with Crippen LogP contribution < -0.4 is 0 Å². The molecule has 0 spiro atoms. The number of nitrogens with zero attached hydrogens (tertiary/aromatic N) is 1. The number of hydrogen-bond acceptors (Lipinski definition) is 4. The number of carbonyl (C=O) groups excluding carboxylic acids is 1. The van der Waals surface area contributed by atoms with Gasteiger partial charge in [-0.25, -0.2) is 4.79 Å². The first-order chi connectivity index (χ1) is 11.4. The van der Waals surface area contributed by atoms with Crippen LogP contribution in [0.3, 0.4) is 0 Å². The molecule has 5 heteroatoms. The first kappa shape index (κ1) is 18.4. The highest BCUT2D eigenvalue weighted by atomic mass is 32.2. The molecule has 0 saturated heterocycles. The third-order valence-electron chi connectivity index (χ3n) is 3.33. The number of allylic oxidation sites excluding steroid dienone is 4. The van der Waals surface area contributed by atoms with Gasteiger partial charge in [-0.3, -0.25) is 0 Å². The lowest BCUT2D eigenvalue weighted by atomic mass is 10.0. The maximum Gasteiger partial charge on any atom is 0.360 e. The van der Waals surface area contributed by atoms with Crippen molar-refractivity contribution in [2.24, 2.45) is 0 Å². The minimum Gasteiger partial charge on any atom is -0.592 e. The van der Waals surface area contributed by atoms with Crippen LogP contribution >= 0.6 is 0 Å². The highest BCUT2D eigenvalue weighted by Crippen LogP contribution is 2.32. The van der Waals surface area contributed by atoms with Gasteiger partial charge in [-0.1, -0.05) is 42.5 Å². The molecule has 1 aromatic rings. The smallest absolute Gasteiger partial charge is 0.360 e. The Bertz CT molecular complexity index is 672. The van der Waals surface area contributed by atoms with Crippen LogP contribution in [-0.4, -0.2) is 26.2 Å². The van der Waals surface area contributed by atoms with E-state index in [1.165, 1.54) is 4.31 Å². The Labute approximate surface area is 146 Å². The molecule has 0 unspecified atom stereocenters. The zero-order chi connectivity index (χ0) is 17.7. The van der Waals surface area contributed by atoms with Crippen LogP contribution in [0, 0.1) is 0 Å². The number of esters is 1. The Kier molecular flexibility index (Phi) is 5.91. The molecule has 1 aliphatic rings. The van der Waals surface area contributed by atoms with Crippen molar-refractivity contribution in [3.8, 4) is 0 Å². The molecule has 0 fully saturated rings. The van der Waals surface area contributed by atoms with Gasteiger partial charge in [-0.15, -0.1) is 0 Å². The molecule has 0 bridgehead atoms. The number of ether oxygens (including phenoxy) is 1. The van der Waals surface area contributed by atoms with E-state index in [4.69, 9.17) is 4.74 Å². The quantitative estimate of drug-likeness (QED) is 0.615. The van der Waals surface area contributed by atoms with E-state index in [0.29, 0.717) is 11.3 Å². The Morgan fingerprint density at radius 2 is 1.88 bits per heavy atom. The second-order valence-electron chi connectivity index (χ2n) is 6.24. The van der Waals surface area contributed by atoms with Crippen molar-refractivity contribution in [1.29, 1.82) is 0 Å². The van der Waals surface area contributed by atoms with Crippen molar-refractivity contribution >= 4 is 22.9 Å². The Balaban J connectivity index is 2.63. The van der Waals surface area contributed by atoms with Crippen LogP contribution in [0.15, 0.2) is 60.5 Å². The van der Waals surface area contributed by atoms with Crippen molar-refractivity contribution < 1.29 is 14.1 Å². The summed E-state index contributed by atoms with van der Waals surface area (Å²) >= 11 is -1.44. The Hall–Kier alpha value is -1.98. The molecule has 1 aromatic carbocycles. The van der Waals surface area contributed by atoms with E-state index in [1.807, 2.05) is 63.3 Å². The summed E-state index contributed by atoms with van der Waals surface area (Å²) in [4.78, 5) is 12.7. The van der Waals surface area contributed by atoms with Crippen molar-refractivity contribution in [3.05, 3.63) is 66.0 Å². The lowest BCUT2D eigenvalue weighted by Crippen LogP contribution is -2.41. The molecular formula is C19H23NO3S. The van der Waals surface area contributed by atoms with E-state index in [9.17, 15) is 9.35 Å². The van der Waals surface area contributed by atoms with Gasteiger partial charge in [0.15, 0.2) is 5.70 Å². The average Bonchev–Trinajstić information content (AvgIpc) is 2.77. The summed E-state index contributed by atoms with van der Waals surface area (Å²) in [6.07, 6.45) is 7.12. The summed E-state index contributed by atoms with van der Waals surface area (Å²) < 4.78 is 19.2. The van der Waals surface area contributed by atoms with Gasteiger partial charge in [-0.2, -0.15) is 4.31 Å². The average molecular weight is 345 g/mol. The molecule has 0 amide bonds. The zero-order valence-corrected chi connectivity index (χ0v) is 15.3. The second-order valence-corrected chi connectivity index (χ2v) is 8.35. The summed E-state index contributed by atoms with van der Waals surface area (Å²) in [5, 5.41) is 0. The van der Waals surface area contributed by atoms with E-state index in [0.717, 1.165) is 5.56 Å². The van der Waals surface area contributed by atoms with E-state index in [2.05, 4.69) is 0 Å². The SMILES string of the molecule is CCOC(=O)C1=C(c2ccccc2)C=CC=CN1[S@@+]([O-])C(C)(C)C. The van der Waals surface area contributed by atoms with Gasteiger partial charge in [0.25, 0.3) is 0 Å². The van der Waals surface area contributed by atoms with Crippen molar-refractivity contribution in [3.63, 3.8) is 0 Å². The standard InChI is InChI=1S/C19H23NO3S/c1-5-23-18(21)17-16(15-11-7-6-8-12-15)13-9-10-14-20(17)24(22)19(2,3)4/h6-14H,5H2,1-4H3/t24-/m0/s1. The second kappa shape index (κ2) is 7.73. The van der Waals surface area contributed by atoms with Crippen LogP contribution in [0.1, 0.15) is 33.3 Å². The number of hydrogen-bond donors (Lipinski definition) is 0. The van der Waals surface area contributed by atoms with E-state index in [1.54, 1.807) is 19.2 Å². The van der Waals surface area contributed by atoms with Crippen LogP contribution in [0.25, 0.3) is 5.57 Å². The molecule has 2 rings (SSSR count). The number of rotatable bonds is 4. The topological polar surface area (TPSA) is 52.6 Å². The molecule has 0 radical (unpaired) electrons. The molecule has 1 atom stereocenters. The predicted molar refractivity (Wildman–Crippen MR) is 98.0 cm³/mol. The van der Waals surface area contributed by atoms with Crippen molar-refractivity contribution in [2.75, 3.05) is 6.61 Å². The fourth-order valence-corrected chi connectivity index (χ4v) is 3.34. The molecule has 0 saturated carbocycles. The van der Waals surface area contributed by atoms with Crippen LogP contribution in [-0.2, 0) is 20.9 Å². The fourth-order valence-electron chi connectivity index (χ4n) is 2.24. The lowest BCUT2D eigenvalue weighted by Gasteiger charge is -2.32. The van der Waals surface area contributed by atoms with Gasteiger partial charge >= 0.3 is 5.97 Å². The highest BCUT2D eigenvalue weighted by Gasteiger charge is 2.38. The molecule has 24 heavy (non-hydrogen) atoms. The van der Waals surface area contributed by atoms with Gasteiger partial charge in [0.1, 0.15) is 4.75 Å². The molecule has 128 valence electrons. The molecule has 0 aromatic heterocycles.